The molecular weight excluding hydrogens is 325 g/mol. The number of imidazole rings is 2. The summed E-state index contributed by atoms with van der Waals surface area (Å²) in [5, 5.41) is 0. The predicted octanol–water partition coefficient (Wildman–Crippen LogP) is 2.98. The highest BCUT2D eigenvalue weighted by Gasteiger charge is 2.16. The molecule has 0 radical (unpaired) electrons. The van der Waals surface area contributed by atoms with E-state index < -0.39 is 0 Å². The lowest BCUT2D eigenvalue weighted by Gasteiger charge is -2.16. The average Bonchev–Trinajstić information content (AvgIpc) is 2.97. The molecule has 20 heavy (non-hydrogen) atoms. The summed E-state index contributed by atoms with van der Waals surface area (Å²) in [4.78, 5) is 8.24. The quantitative estimate of drug-likeness (QED) is 0.799. The molecule has 2 N–H and O–H groups in total. The van der Waals surface area contributed by atoms with Crippen molar-refractivity contribution in [2.75, 3.05) is 5.73 Å². The van der Waals surface area contributed by atoms with Crippen LogP contribution in [-0.4, -0.2) is 19.1 Å². The number of benzene rings is 1. The third kappa shape index (κ3) is 2.18. The Morgan fingerprint density at radius 3 is 2.95 bits per heavy atom. The van der Waals surface area contributed by atoms with E-state index in [9.17, 15) is 4.39 Å². The molecule has 0 aliphatic heterocycles. The Morgan fingerprint density at radius 1 is 1.45 bits per heavy atom. The van der Waals surface area contributed by atoms with E-state index in [0.717, 1.165) is 5.52 Å². The Labute approximate surface area is 123 Å². The SMILES string of the molecule is CC(Cn1ccnc1)n1c(N)nc2cc(F)c(Br)cc21. The summed E-state index contributed by atoms with van der Waals surface area (Å²) >= 11 is 3.20. The van der Waals surface area contributed by atoms with Gasteiger partial charge in [0.05, 0.1) is 27.9 Å². The Morgan fingerprint density at radius 2 is 2.25 bits per heavy atom. The molecular formula is C13H13BrFN5. The molecule has 0 saturated heterocycles. The Balaban J connectivity index is 2.06. The zero-order chi connectivity index (χ0) is 14.3. The van der Waals surface area contributed by atoms with E-state index in [1.807, 2.05) is 22.3 Å². The smallest absolute Gasteiger partial charge is 0.201 e. The number of fused-ring (bicyclic) bond motifs is 1. The molecule has 1 unspecified atom stereocenters. The van der Waals surface area contributed by atoms with Crippen LogP contribution < -0.4 is 5.73 Å². The minimum Gasteiger partial charge on any atom is -0.369 e. The number of rotatable bonds is 3. The number of nitrogens with two attached hydrogens (primary N) is 1. The second kappa shape index (κ2) is 4.90. The molecule has 0 aliphatic carbocycles. The summed E-state index contributed by atoms with van der Waals surface area (Å²) in [7, 11) is 0. The van der Waals surface area contributed by atoms with Crippen LogP contribution in [0.15, 0.2) is 35.3 Å². The van der Waals surface area contributed by atoms with Gasteiger partial charge in [-0.2, -0.15) is 0 Å². The maximum Gasteiger partial charge on any atom is 0.201 e. The van der Waals surface area contributed by atoms with Gasteiger partial charge in [-0.3, -0.25) is 0 Å². The second-order valence-electron chi connectivity index (χ2n) is 4.70. The third-order valence-corrected chi connectivity index (χ3v) is 3.84. The summed E-state index contributed by atoms with van der Waals surface area (Å²) < 4.78 is 17.8. The van der Waals surface area contributed by atoms with Gasteiger partial charge in [-0.05, 0) is 28.9 Å². The average molecular weight is 338 g/mol. The Bertz CT molecular complexity index is 750. The first kappa shape index (κ1) is 13.1. The van der Waals surface area contributed by atoms with Crippen molar-refractivity contribution in [1.82, 2.24) is 19.1 Å². The van der Waals surface area contributed by atoms with Crippen molar-refractivity contribution in [3.8, 4) is 0 Å². The molecule has 0 spiro atoms. The van der Waals surface area contributed by atoms with Crippen molar-refractivity contribution >= 4 is 32.9 Å². The van der Waals surface area contributed by atoms with Crippen LogP contribution in [0.2, 0.25) is 0 Å². The molecule has 5 nitrogen and oxygen atoms in total. The minimum atomic E-state index is -0.343. The molecule has 0 aliphatic rings. The molecule has 3 aromatic rings. The fourth-order valence-corrected chi connectivity index (χ4v) is 2.69. The van der Waals surface area contributed by atoms with Crippen molar-refractivity contribution in [1.29, 1.82) is 0 Å². The fourth-order valence-electron chi connectivity index (χ4n) is 2.35. The first-order valence-electron chi connectivity index (χ1n) is 6.14. The molecule has 2 heterocycles. The van der Waals surface area contributed by atoms with Gasteiger partial charge in [-0.1, -0.05) is 0 Å². The van der Waals surface area contributed by atoms with Crippen LogP contribution in [0.1, 0.15) is 13.0 Å². The van der Waals surface area contributed by atoms with E-state index in [4.69, 9.17) is 5.73 Å². The number of nitrogen functional groups attached to an aromatic ring is 1. The largest absolute Gasteiger partial charge is 0.369 e. The maximum atomic E-state index is 13.5. The number of hydrogen-bond acceptors (Lipinski definition) is 3. The van der Waals surface area contributed by atoms with E-state index in [2.05, 4.69) is 25.9 Å². The zero-order valence-corrected chi connectivity index (χ0v) is 12.4. The Kier molecular flexibility index (Phi) is 3.21. The van der Waals surface area contributed by atoms with Crippen molar-refractivity contribution in [2.45, 2.75) is 19.5 Å². The van der Waals surface area contributed by atoms with Crippen molar-refractivity contribution in [2.24, 2.45) is 0 Å². The van der Waals surface area contributed by atoms with Crippen LogP contribution in [0.4, 0.5) is 10.3 Å². The lowest BCUT2D eigenvalue weighted by molar-refractivity contribution is 0.479. The minimum absolute atomic E-state index is 0.0755. The van der Waals surface area contributed by atoms with E-state index in [1.165, 1.54) is 6.07 Å². The van der Waals surface area contributed by atoms with E-state index in [-0.39, 0.29) is 11.9 Å². The highest BCUT2D eigenvalue weighted by Crippen LogP contribution is 2.28. The van der Waals surface area contributed by atoms with Gasteiger partial charge in [0, 0.05) is 25.0 Å². The molecule has 0 amide bonds. The zero-order valence-electron chi connectivity index (χ0n) is 10.8. The normalized spacial score (nSPS) is 12.9. The van der Waals surface area contributed by atoms with E-state index >= 15 is 0 Å². The summed E-state index contributed by atoms with van der Waals surface area (Å²) in [5.41, 5.74) is 7.34. The number of nitrogens with zero attached hydrogens (tertiary/aromatic N) is 4. The fraction of sp³-hybridized carbons (Fsp3) is 0.231. The molecule has 1 atom stereocenters. The maximum absolute atomic E-state index is 13.5. The number of halogens is 2. The lowest BCUT2D eigenvalue weighted by atomic mass is 10.2. The van der Waals surface area contributed by atoms with Gasteiger partial charge in [0.25, 0.3) is 0 Å². The monoisotopic (exact) mass is 337 g/mol. The summed E-state index contributed by atoms with van der Waals surface area (Å²) in [5.74, 6) is 0.0366. The topological polar surface area (TPSA) is 61.7 Å². The molecule has 1 aromatic carbocycles. The van der Waals surface area contributed by atoms with Gasteiger partial charge in [-0.25, -0.2) is 14.4 Å². The second-order valence-corrected chi connectivity index (χ2v) is 5.56. The van der Waals surface area contributed by atoms with Gasteiger partial charge >= 0.3 is 0 Å². The standard InChI is InChI=1S/C13H13BrFN5/c1-8(6-19-3-2-17-7-19)20-12-4-9(14)10(15)5-11(12)18-13(20)16/h2-5,7-8H,6H2,1H3,(H2,16,18). The third-order valence-electron chi connectivity index (χ3n) is 3.23. The highest BCUT2D eigenvalue weighted by molar-refractivity contribution is 9.10. The molecule has 104 valence electrons. The summed E-state index contributed by atoms with van der Waals surface area (Å²) in [6.07, 6.45) is 5.37. The summed E-state index contributed by atoms with van der Waals surface area (Å²) in [6, 6.07) is 3.17. The van der Waals surface area contributed by atoms with Gasteiger partial charge in [-0.15, -0.1) is 0 Å². The molecule has 0 bridgehead atoms. The molecule has 3 rings (SSSR count). The van der Waals surface area contributed by atoms with Crippen LogP contribution in [0.3, 0.4) is 0 Å². The van der Waals surface area contributed by atoms with Crippen molar-refractivity contribution in [3.63, 3.8) is 0 Å². The number of aromatic nitrogens is 4. The van der Waals surface area contributed by atoms with E-state index in [1.54, 1.807) is 18.6 Å². The van der Waals surface area contributed by atoms with Crippen LogP contribution >= 0.6 is 15.9 Å². The number of hydrogen-bond donors (Lipinski definition) is 1. The van der Waals surface area contributed by atoms with Crippen LogP contribution in [0.5, 0.6) is 0 Å². The van der Waals surface area contributed by atoms with Crippen LogP contribution in [0, 0.1) is 5.82 Å². The van der Waals surface area contributed by atoms with Gasteiger partial charge in [0.2, 0.25) is 5.95 Å². The van der Waals surface area contributed by atoms with Crippen molar-refractivity contribution in [3.05, 3.63) is 41.1 Å². The number of anilines is 1. The van der Waals surface area contributed by atoms with Crippen LogP contribution in [0.25, 0.3) is 11.0 Å². The van der Waals surface area contributed by atoms with Gasteiger partial charge in [0.15, 0.2) is 0 Å². The van der Waals surface area contributed by atoms with Gasteiger partial charge in [0.1, 0.15) is 5.82 Å². The highest BCUT2D eigenvalue weighted by atomic mass is 79.9. The predicted molar refractivity (Wildman–Crippen MR) is 78.7 cm³/mol. The molecule has 7 heteroatoms. The Hall–Kier alpha value is -1.89. The first-order chi connectivity index (χ1) is 9.56. The molecule has 2 aromatic heterocycles. The van der Waals surface area contributed by atoms with Crippen LogP contribution in [-0.2, 0) is 6.54 Å². The molecule has 0 fully saturated rings. The van der Waals surface area contributed by atoms with E-state index in [0.29, 0.717) is 22.5 Å². The molecule has 0 saturated carbocycles. The first-order valence-corrected chi connectivity index (χ1v) is 6.93. The van der Waals surface area contributed by atoms with Gasteiger partial charge < -0.3 is 14.9 Å². The van der Waals surface area contributed by atoms with Crippen molar-refractivity contribution < 1.29 is 4.39 Å². The lowest BCUT2D eigenvalue weighted by Crippen LogP contribution is -2.14. The summed E-state index contributed by atoms with van der Waals surface area (Å²) in [6.45, 7) is 2.75.